The summed E-state index contributed by atoms with van der Waals surface area (Å²) >= 11 is 0. The highest BCUT2D eigenvalue weighted by atomic mass is 16.3. The molecule has 0 aromatic heterocycles. The first kappa shape index (κ1) is 15.8. The number of nitrogens with zero attached hydrogens (tertiary/aromatic N) is 2. The zero-order chi connectivity index (χ0) is 15.9. The van der Waals surface area contributed by atoms with E-state index in [1.54, 1.807) is 29.2 Å². The van der Waals surface area contributed by atoms with Gasteiger partial charge in [0.25, 0.3) is 0 Å². The number of hydrogen-bond acceptors (Lipinski definition) is 4. The third kappa shape index (κ3) is 4.21. The Labute approximate surface area is 128 Å². The van der Waals surface area contributed by atoms with Gasteiger partial charge < -0.3 is 20.2 Å². The van der Waals surface area contributed by atoms with Crippen LogP contribution in [0.15, 0.2) is 24.3 Å². The molecule has 1 heterocycles. The van der Waals surface area contributed by atoms with Crippen molar-refractivity contribution in [2.24, 2.45) is 0 Å². The molecule has 1 saturated heterocycles. The maximum absolute atomic E-state index is 12.0. The van der Waals surface area contributed by atoms with E-state index < -0.39 is 11.8 Å². The number of carbonyl (C=O) groups excluding carboxylic acids is 3. The third-order valence-corrected chi connectivity index (χ3v) is 3.58. The highest BCUT2D eigenvalue weighted by Gasteiger charge is 2.25. The number of phenolic OH excluding ortho intramolecular Hbond substituents is 1. The maximum atomic E-state index is 12.0. The van der Waals surface area contributed by atoms with Crippen molar-refractivity contribution in [3.05, 3.63) is 29.8 Å². The Balaban J connectivity index is 1.73. The highest BCUT2D eigenvalue weighted by molar-refractivity contribution is 6.35. The molecule has 1 aromatic carbocycles. The van der Waals surface area contributed by atoms with E-state index in [1.165, 1.54) is 4.90 Å². The molecule has 1 aliphatic heterocycles. The summed E-state index contributed by atoms with van der Waals surface area (Å²) in [6, 6.07) is 6.69. The van der Waals surface area contributed by atoms with Crippen LogP contribution in [0, 0.1) is 0 Å². The average molecular weight is 305 g/mol. The molecule has 0 saturated carbocycles. The summed E-state index contributed by atoms with van der Waals surface area (Å²) in [5.41, 5.74) is 0.963. The second kappa shape index (κ2) is 7.44. The molecule has 0 spiro atoms. The first-order valence-electron chi connectivity index (χ1n) is 7.14. The first-order chi connectivity index (χ1) is 10.6. The lowest BCUT2D eigenvalue weighted by Gasteiger charge is -2.31. The van der Waals surface area contributed by atoms with Gasteiger partial charge in [0.15, 0.2) is 0 Å². The fourth-order valence-electron chi connectivity index (χ4n) is 2.23. The quantitative estimate of drug-likeness (QED) is 0.571. The zero-order valence-corrected chi connectivity index (χ0v) is 12.2. The van der Waals surface area contributed by atoms with E-state index in [0.29, 0.717) is 39.1 Å². The number of carbonyl (C=O) groups is 3. The van der Waals surface area contributed by atoms with Crippen molar-refractivity contribution in [3.63, 3.8) is 0 Å². The predicted molar refractivity (Wildman–Crippen MR) is 79.0 cm³/mol. The molecule has 2 N–H and O–H groups in total. The molecule has 2 rings (SSSR count). The van der Waals surface area contributed by atoms with Crippen LogP contribution in [0.1, 0.15) is 5.56 Å². The normalized spacial score (nSPS) is 14.5. The molecule has 3 amide bonds. The van der Waals surface area contributed by atoms with Crippen LogP contribution < -0.4 is 5.32 Å². The van der Waals surface area contributed by atoms with Crippen LogP contribution in [0.5, 0.6) is 5.75 Å². The minimum atomic E-state index is -0.627. The number of aromatic hydroxyl groups is 1. The summed E-state index contributed by atoms with van der Waals surface area (Å²) in [6.45, 7) is 2.02. The van der Waals surface area contributed by atoms with E-state index in [-0.39, 0.29) is 5.75 Å². The van der Waals surface area contributed by atoms with Gasteiger partial charge in [0, 0.05) is 32.7 Å². The van der Waals surface area contributed by atoms with Crippen molar-refractivity contribution >= 4 is 18.2 Å². The van der Waals surface area contributed by atoms with Crippen LogP contribution >= 0.6 is 0 Å². The van der Waals surface area contributed by atoms with Crippen molar-refractivity contribution < 1.29 is 19.5 Å². The summed E-state index contributed by atoms with van der Waals surface area (Å²) in [7, 11) is 0. The van der Waals surface area contributed by atoms with Crippen LogP contribution in [0.3, 0.4) is 0 Å². The van der Waals surface area contributed by atoms with Gasteiger partial charge in [-0.1, -0.05) is 12.1 Å². The molecule has 1 aromatic rings. The molecule has 0 radical (unpaired) electrons. The number of piperazine rings is 1. The molecular formula is C15H19N3O4. The summed E-state index contributed by atoms with van der Waals surface area (Å²) in [6.07, 6.45) is 1.33. The molecule has 1 aliphatic rings. The molecule has 1 fully saturated rings. The minimum absolute atomic E-state index is 0.192. The van der Waals surface area contributed by atoms with E-state index in [2.05, 4.69) is 5.32 Å². The van der Waals surface area contributed by atoms with Crippen molar-refractivity contribution in [1.82, 2.24) is 15.1 Å². The molecule has 0 bridgehead atoms. The number of benzene rings is 1. The molecule has 118 valence electrons. The third-order valence-electron chi connectivity index (χ3n) is 3.58. The molecule has 7 nitrogen and oxygen atoms in total. The second-order valence-corrected chi connectivity index (χ2v) is 5.11. The SMILES string of the molecule is O=CN1CCN(C(=O)C(=O)NCCc2ccc(O)cc2)CC1. The largest absolute Gasteiger partial charge is 0.508 e. The van der Waals surface area contributed by atoms with Crippen LogP contribution in [0.4, 0.5) is 0 Å². The van der Waals surface area contributed by atoms with E-state index in [1.807, 2.05) is 0 Å². The van der Waals surface area contributed by atoms with Crippen LogP contribution in [0.25, 0.3) is 0 Å². The fourth-order valence-corrected chi connectivity index (χ4v) is 2.23. The van der Waals surface area contributed by atoms with Gasteiger partial charge in [0.05, 0.1) is 0 Å². The first-order valence-corrected chi connectivity index (χ1v) is 7.14. The average Bonchev–Trinajstić information content (AvgIpc) is 2.56. The Hall–Kier alpha value is -2.57. The summed E-state index contributed by atoms with van der Waals surface area (Å²) < 4.78 is 0. The lowest BCUT2D eigenvalue weighted by Crippen LogP contribution is -2.52. The van der Waals surface area contributed by atoms with Crippen LogP contribution in [0.2, 0.25) is 0 Å². The van der Waals surface area contributed by atoms with Crippen molar-refractivity contribution in [2.75, 3.05) is 32.7 Å². The van der Waals surface area contributed by atoms with E-state index in [9.17, 15) is 19.5 Å². The number of hydrogen-bond donors (Lipinski definition) is 2. The van der Waals surface area contributed by atoms with Gasteiger partial charge in [0.2, 0.25) is 6.41 Å². The molecule has 0 atom stereocenters. The molecule has 0 unspecified atom stereocenters. The zero-order valence-electron chi connectivity index (χ0n) is 12.2. The number of phenols is 1. The summed E-state index contributed by atoms with van der Waals surface area (Å²) in [5, 5.41) is 11.8. The Bertz CT molecular complexity index is 536. The lowest BCUT2D eigenvalue weighted by atomic mass is 10.1. The fraction of sp³-hybridized carbons (Fsp3) is 0.400. The summed E-state index contributed by atoms with van der Waals surface area (Å²) in [5.74, 6) is -0.994. The van der Waals surface area contributed by atoms with Gasteiger partial charge in [-0.05, 0) is 24.1 Å². The topological polar surface area (TPSA) is 90.0 Å². The molecule has 22 heavy (non-hydrogen) atoms. The number of nitrogens with one attached hydrogen (secondary N) is 1. The monoisotopic (exact) mass is 305 g/mol. The van der Waals surface area contributed by atoms with Crippen LogP contribution in [-0.4, -0.2) is 65.9 Å². The van der Waals surface area contributed by atoms with Crippen molar-refractivity contribution in [2.45, 2.75) is 6.42 Å². The minimum Gasteiger partial charge on any atom is -0.508 e. The molecular weight excluding hydrogens is 286 g/mol. The number of rotatable bonds is 4. The van der Waals surface area contributed by atoms with E-state index in [4.69, 9.17) is 0 Å². The van der Waals surface area contributed by atoms with Gasteiger partial charge in [-0.3, -0.25) is 14.4 Å². The second-order valence-electron chi connectivity index (χ2n) is 5.11. The smallest absolute Gasteiger partial charge is 0.312 e. The predicted octanol–water partition coefficient (Wildman–Crippen LogP) is -0.648. The maximum Gasteiger partial charge on any atom is 0.312 e. The van der Waals surface area contributed by atoms with Crippen molar-refractivity contribution in [3.8, 4) is 5.75 Å². The van der Waals surface area contributed by atoms with Gasteiger partial charge >= 0.3 is 11.8 Å². The van der Waals surface area contributed by atoms with E-state index >= 15 is 0 Å². The van der Waals surface area contributed by atoms with Crippen LogP contribution in [-0.2, 0) is 20.8 Å². The molecule has 0 aliphatic carbocycles. The molecule has 7 heteroatoms. The van der Waals surface area contributed by atoms with E-state index in [0.717, 1.165) is 12.0 Å². The Morgan fingerprint density at radius 3 is 2.36 bits per heavy atom. The Morgan fingerprint density at radius 1 is 1.14 bits per heavy atom. The van der Waals surface area contributed by atoms with Gasteiger partial charge in [0.1, 0.15) is 5.75 Å². The number of amides is 3. The van der Waals surface area contributed by atoms with Gasteiger partial charge in [-0.25, -0.2) is 0 Å². The highest BCUT2D eigenvalue weighted by Crippen LogP contribution is 2.09. The van der Waals surface area contributed by atoms with Gasteiger partial charge in [-0.2, -0.15) is 0 Å². The standard InChI is InChI=1S/C15H19N3O4/c19-11-17-7-9-18(10-8-17)15(22)14(21)16-6-5-12-1-3-13(20)4-2-12/h1-4,11,20H,5-10H2,(H,16,21). The van der Waals surface area contributed by atoms with Gasteiger partial charge in [-0.15, -0.1) is 0 Å². The summed E-state index contributed by atoms with van der Waals surface area (Å²) in [4.78, 5) is 37.4. The lowest BCUT2D eigenvalue weighted by molar-refractivity contribution is -0.147. The Morgan fingerprint density at radius 2 is 1.77 bits per heavy atom. The Kier molecular flexibility index (Phi) is 5.35. The van der Waals surface area contributed by atoms with Crippen molar-refractivity contribution in [1.29, 1.82) is 0 Å².